The standard InChI is InChI=1S/C21H21BrN2O/c22-16-6-1-5-15(12-16)18-13-19(23-10-3-8-20(23)25)17-7-2-4-14-9-11-24(18)21(14)17/h1-2,4-7,12,18-19H,3,8-11,13H2. The lowest BCUT2D eigenvalue weighted by Crippen LogP contribution is -2.39. The van der Waals surface area contributed by atoms with Crippen molar-refractivity contribution in [3.05, 3.63) is 63.6 Å². The number of hydrogen-bond donors (Lipinski definition) is 0. The molecule has 0 spiro atoms. The van der Waals surface area contributed by atoms with E-state index in [0.29, 0.717) is 18.4 Å². The Kier molecular flexibility index (Phi) is 3.63. The van der Waals surface area contributed by atoms with Gasteiger partial charge in [-0.3, -0.25) is 4.79 Å². The Morgan fingerprint density at radius 1 is 0.960 bits per heavy atom. The summed E-state index contributed by atoms with van der Waals surface area (Å²) < 4.78 is 1.12. The molecule has 0 aliphatic carbocycles. The Labute approximate surface area is 156 Å². The zero-order chi connectivity index (χ0) is 17.0. The molecule has 2 aromatic rings. The zero-order valence-corrected chi connectivity index (χ0v) is 15.7. The molecule has 0 saturated carbocycles. The number of hydrogen-bond acceptors (Lipinski definition) is 2. The van der Waals surface area contributed by atoms with Gasteiger partial charge in [-0.05, 0) is 48.1 Å². The number of carbonyl (C=O) groups excluding carboxylic acids is 1. The molecule has 2 atom stereocenters. The molecule has 0 N–H and O–H groups in total. The summed E-state index contributed by atoms with van der Waals surface area (Å²) in [5, 5.41) is 0. The first-order chi connectivity index (χ1) is 12.2. The summed E-state index contributed by atoms with van der Waals surface area (Å²) in [6.07, 6.45) is 3.79. The molecule has 0 bridgehead atoms. The van der Waals surface area contributed by atoms with E-state index in [1.54, 1.807) is 0 Å². The number of likely N-dealkylation sites (tertiary alicyclic amines) is 1. The second-order valence-electron chi connectivity index (χ2n) is 7.31. The van der Waals surface area contributed by atoms with Crippen LogP contribution in [0, 0.1) is 0 Å². The predicted molar refractivity (Wildman–Crippen MR) is 103 cm³/mol. The fraction of sp³-hybridized carbons (Fsp3) is 0.381. The van der Waals surface area contributed by atoms with Crippen molar-refractivity contribution < 1.29 is 4.79 Å². The van der Waals surface area contributed by atoms with Crippen LogP contribution in [0.4, 0.5) is 5.69 Å². The van der Waals surface area contributed by atoms with Gasteiger partial charge in [0.05, 0.1) is 12.1 Å². The van der Waals surface area contributed by atoms with Gasteiger partial charge in [-0.25, -0.2) is 0 Å². The maximum Gasteiger partial charge on any atom is 0.223 e. The molecule has 128 valence electrons. The van der Waals surface area contributed by atoms with Crippen LogP contribution in [0.25, 0.3) is 0 Å². The maximum atomic E-state index is 12.5. The molecule has 5 rings (SSSR count). The van der Waals surface area contributed by atoms with Gasteiger partial charge < -0.3 is 9.80 Å². The average molecular weight is 397 g/mol. The molecule has 2 unspecified atom stereocenters. The molecule has 2 aromatic carbocycles. The molecule has 1 amide bonds. The summed E-state index contributed by atoms with van der Waals surface area (Å²) in [6.45, 7) is 1.97. The van der Waals surface area contributed by atoms with E-state index in [2.05, 4.69) is 68.2 Å². The minimum Gasteiger partial charge on any atom is -0.364 e. The summed E-state index contributed by atoms with van der Waals surface area (Å²) in [4.78, 5) is 17.2. The number of benzene rings is 2. The zero-order valence-electron chi connectivity index (χ0n) is 14.1. The van der Waals surface area contributed by atoms with Crippen molar-refractivity contribution >= 4 is 27.5 Å². The molecular formula is C21H21BrN2O. The molecule has 3 nitrogen and oxygen atoms in total. The maximum absolute atomic E-state index is 12.5. The van der Waals surface area contributed by atoms with E-state index >= 15 is 0 Å². The monoisotopic (exact) mass is 396 g/mol. The van der Waals surface area contributed by atoms with Crippen molar-refractivity contribution in [2.24, 2.45) is 0 Å². The smallest absolute Gasteiger partial charge is 0.223 e. The molecule has 0 radical (unpaired) electrons. The van der Waals surface area contributed by atoms with E-state index in [1.165, 1.54) is 22.4 Å². The lowest BCUT2D eigenvalue weighted by Gasteiger charge is -2.43. The van der Waals surface area contributed by atoms with E-state index in [9.17, 15) is 4.79 Å². The topological polar surface area (TPSA) is 23.6 Å². The lowest BCUT2D eigenvalue weighted by molar-refractivity contribution is -0.130. The third-order valence-electron chi connectivity index (χ3n) is 5.96. The molecule has 3 aliphatic rings. The van der Waals surface area contributed by atoms with Crippen LogP contribution in [0.15, 0.2) is 46.9 Å². The summed E-state index contributed by atoms with van der Waals surface area (Å²) >= 11 is 3.62. The first kappa shape index (κ1) is 15.4. The predicted octanol–water partition coefficient (Wildman–Crippen LogP) is 4.62. The lowest BCUT2D eigenvalue weighted by atomic mass is 9.87. The van der Waals surface area contributed by atoms with Gasteiger partial charge in [0, 0.05) is 29.7 Å². The largest absolute Gasteiger partial charge is 0.364 e. The molecule has 4 heteroatoms. The quantitative estimate of drug-likeness (QED) is 0.739. The van der Waals surface area contributed by atoms with Gasteiger partial charge in [-0.1, -0.05) is 46.3 Å². The van der Waals surface area contributed by atoms with E-state index in [4.69, 9.17) is 0 Å². The van der Waals surface area contributed by atoms with Crippen LogP contribution in [-0.2, 0) is 11.2 Å². The fourth-order valence-electron chi connectivity index (χ4n) is 4.89. The Balaban J connectivity index is 1.63. The Bertz CT molecular complexity index is 850. The van der Waals surface area contributed by atoms with Crippen molar-refractivity contribution in [1.82, 2.24) is 4.90 Å². The number of halogens is 1. The summed E-state index contributed by atoms with van der Waals surface area (Å²) in [6, 6.07) is 15.9. The highest BCUT2D eigenvalue weighted by Gasteiger charge is 2.41. The Morgan fingerprint density at radius 2 is 1.84 bits per heavy atom. The van der Waals surface area contributed by atoms with Crippen LogP contribution in [0.3, 0.4) is 0 Å². The Hall–Kier alpha value is -1.81. The summed E-state index contributed by atoms with van der Waals surface area (Å²) in [7, 11) is 0. The summed E-state index contributed by atoms with van der Waals surface area (Å²) in [5.74, 6) is 0.321. The van der Waals surface area contributed by atoms with E-state index in [0.717, 1.165) is 36.8 Å². The van der Waals surface area contributed by atoms with Gasteiger partial charge in [0.25, 0.3) is 0 Å². The second kappa shape index (κ2) is 5.87. The van der Waals surface area contributed by atoms with Crippen molar-refractivity contribution in [2.45, 2.75) is 37.8 Å². The van der Waals surface area contributed by atoms with Crippen molar-refractivity contribution in [3.63, 3.8) is 0 Å². The number of amides is 1. The molecular weight excluding hydrogens is 376 g/mol. The first-order valence-corrected chi connectivity index (χ1v) is 9.95. The van der Waals surface area contributed by atoms with Crippen molar-refractivity contribution in [2.75, 3.05) is 18.0 Å². The van der Waals surface area contributed by atoms with E-state index < -0.39 is 0 Å². The van der Waals surface area contributed by atoms with Gasteiger partial charge in [-0.15, -0.1) is 0 Å². The fourth-order valence-corrected chi connectivity index (χ4v) is 5.30. The van der Waals surface area contributed by atoms with E-state index in [-0.39, 0.29) is 6.04 Å². The second-order valence-corrected chi connectivity index (χ2v) is 8.23. The highest BCUT2D eigenvalue weighted by molar-refractivity contribution is 9.10. The number of rotatable bonds is 2. The molecule has 1 fully saturated rings. The number of para-hydroxylation sites is 1. The van der Waals surface area contributed by atoms with Crippen LogP contribution < -0.4 is 4.90 Å². The van der Waals surface area contributed by atoms with Gasteiger partial charge in [0.1, 0.15) is 0 Å². The SMILES string of the molecule is O=C1CCCN1C1CC(c2cccc(Br)c2)N2CCc3cccc1c32. The number of nitrogens with zero attached hydrogens (tertiary/aromatic N) is 2. The van der Waals surface area contributed by atoms with Crippen LogP contribution in [-0.4, -0.2) is 23.9 Å². The minimum absolute atomic E-state index is 0.211. The first-order valence-electron chi connectivity index (χ1n) is 9.16. The van der Waals surface area contributed by atoms with Gasteiger partial charge in [0.2, 0.25) is 5.91 Å². The van der Waals surface area contributed by atoms with Gasteiger partial charge in [0.15, 0.2) is 0 Å². The van der Waals surface area contributed by atoms with Crippen LogP contribution in [0.1, 0.15) is 48.0 Å². The molecule has 3 aliphatic heterocycles. The minimum atomic E-state index is 0.211. The molecule has 25 heavy (non-hydrogen) atoms. The molecule has 0 aromatic heterocycles. The van der Waals surface area contributed by atoms with Gasteiger partial charge in [-0.2, -0.15) is 0 Å². The highest BCUT2D eigenvalue weighted by atomic mass is 79.9. The van der Waals surface area contributed by atoms with Crippen molar-refractivity contribution in [3.8, 4) is 0 Å². The number of carbonyl (C=O) groups is 1. The molecule has 1 saturated heterocycles. The van der Waals surface area contributed by atoms with E-state index in [1.807, 2.05) is 0 Å². The molecule has 3 heterocycles. The number of anilines is 1. The third-order valence-corrected chi connectivity index (χ3v) is 6.45. The highest BCUT2D eigenvalue weighted by Crippen LogP contribution is 2.50. The summed E-state index contributed by atoms with van der Waals surface area (Å²) in [5.41, 5.74) is 5.53. The Morgan fingerprint density at radius 3 is 2.64 bits per heavy atom. The van der Waals surface area contributed by atoms with Crippen molar-refractivity contribution in [1.29, 1.82) is 0 Å². The van der Waals surface area contributed by atoms with Crippen LogP contribution in [0.5, 0.6) is 0 Å². The van der Waals surface area contributed by atoms with Gasteiger partial charge >= 0.3 is 0 Å². The third kappa shape index (κ3) is 2.42. The average Bonchev–Trinajstić information content (AvgIpc) is 3.23. The van der Waals surface area contributed by atoms with Crippen LogP contribution in [0.2, 0.25) is 0 Å². The van der Waals surface area contributed by atoms with Crippen LogP contribution >= 0.6 is 15.9 Å². The normalized spacial score (nSPS) is 24.8.